The van der Waals surface area contributed by atoms with E-state index in [1.807, 2.05) is 19.4 Å². The number of rotatable bonds is 3. The second kappa shape index (κ2) is 5.03. The van der Waals surface area contributed by atoms with Crippen LogP contribution in [0.3, 0.4) is 0 Å². The lowest BCUT2D eigenvalue weighted by Gasteiger charge is -2.23. The molecule has 84 valence electrons. The van der Waals surface area contributed by atoms with Crippen LogP contribution in [0, 0.1) is 5.92 Å². The first kappa shape index (κ1) is 11.0. The molecule has 0 saturated carbocycles. The normalized spacial score (nSPS) is 20.4. The molecular weight excluding hydrogens is 206 g/mol. The van der Waals surface area contributed by atoms with Gasteiger partial charge in [-0.25, -0.2) is 4.98 Å². The Morgan fingerprint density at radius 1 is 1.60 bits per heavy atom. The van der Waals surface area contributed by atoms with Crippen LogP contribution in [0.15, 0.2) is 12.5 Å². The molecule has 2 heterocycles. The van der Waals surface area contributed by atoms with E-state index in [4.69, 9.17) is 5.73 Å². The molecule has 0 aliphatic carbocycles. The maximum atomic E-state index is 5.90. The van der Waals surface area contributed by atoms with Gasteiger partial charge >= 0.3 is 0 Å². The summed E-state index contributed by atoms with van der Waals surface area (Å²) < 4.78 is 2.23. The van der Waals surface area contributed by atoms with Gasteiger partial charge in [-0.15, -0.1) is 0 Å². The average Bonchev–Trinajstić information content (AvgIpc) is 2.67. The molecule has 2 N–H and O–H groups in total. The van der Waals surface area contributed by atoms with Gasteiger partial charge in [-0.2, -0.15) is 11.8 Å². The van der Waals surface area contributed by atoms with E-state index in [9.17, 15) is 0 Å². The zero-order valence-electron chi connectivity index (χ0n) is 9.22. The third-order valence-corrected chi connectivity index (χ3v) is 4.06. The minimum atomic E-state index is 0.0884. The van der Waals surface area contributed by atoms with Crippen LogP contribution in [0.25, 0.3) is 0 Å². The summed E-state index contributed by atoms with van der Waals surface area (Å²) in [7, 11) is 0. The highest BCUT2D eigenvalue weighted by Gasteiger charge is 2.16. The van der Waals surface area contributed by atoms with Gasteiger partial charge in [0.1, 0.15) is 0 Å². The van der Waals surface area contributed by atoms with E-state index in [1.165, 1.54) is 24.3 Å². The molecule has 0 unspecified atom stereocenters. The lowest BCUT2D eigenvalue weighted by molar-refractivity contribution is 0.406. The van der Waals surface area contributed by atoms with Gasteiger partial charge in [0.15, 0.2) is 0 Å². The Kier molecular flexibility index (Phi) is 3.70. The number of hydrogen-bond donors (Lipinski definition) is 1. The summed E-state index contributed by atoms with van der Waals surface area (Å²) in [5, 5.41) is 0. The van der Waals surface area contributed by atoms with Gasteiger partial charge in [-0.05, 0) is 37.2 Å². The quantitative estimate of drug-likeness (QED) is 0.856. The van der Waals surface area contributed by atoms with Crippen molar-refractivity contribution >= 4 is 11.8 Å². The molecule has 0 aromatic carbocycles. The van der Waals surface area contributed by atoms with Crippen LogP contribution in [0.1, 0.15) is 31.5 Å². The smallest absolute Gasteiger partial charge is 0.0948 e. The molecule has 1 saturated heterocycles. The van der Waals surface area contributed by atoms with E-state index in [0.29, 0.717) is 0 Å². The van der Waals surface area contributed by atoms with Gasteiger partial charge in [-0.3, -0.25) is 0 Å². The molecule has 1 aliphatic rings. The van der Waals surface area contributed by atoms with E-state index in [-0.39, 0.29) is 6.04 Å². The molecule has 0 spiro atoms. The minimum Gasteiger partial charge on any atom is -0.333 e. The molecule has 4 heteroatoms. The highest BCUT2D eigenvalue weighted by Crippen LogP contribution is 2.25. The van der Waals surface area contributed by atoms with Crippen LogP contribution in [0.2, 0.25) is 0 Å². The highest BCUT2D eigenvalue weighted by atomic mass is 32.2. The first-order valence-corrected chi connectivity index (χ1v) is 6.76. The van der Waals surface area contributed by atoms with E-state index in [0.717, 1.165) is 18.2 Å². The summed E-state index contributed by atoms with van der Waals surface area (Å²) >= 11 is 2.07. The molecule has 3 nitrogen and oxygen atoms in total. The van der Waals surface area contributed by atoms with Crippen LogP contribution in [-0.2, 0) is 6.54 Å². The van der Waals surface area contributed by atoms with Gasteiger partial charge in [0.25, 0.3) is 0 Å². The molecule has 0 bridgehead atoms. The average molecular weight is 225 g/mol. The fraction of sp³-hybridized carbons (Fsp3) is 0.727. The third-order valence-electron chi connectivity index (χ3n) is 3.01. The summed E-state index contributed by atoms with van der Waals surface area (Å²) in [6.45, 7) is 3.11. The fourth-order valence-electron chi connectivity index (χ4n) is 2.07. The van der Waals surface area contributed by atoms with E-state index in [2.05, 4.69) is 21.3 Å². The Morgan fingerprint density at radius 3 is 3.00 bits per heavy atom. The van der Waals surface area contributed by atoms with Crippen molar-refractivity contribution in [2.45, 2.75) is 32.4 Å². The largest absolute Gasteiger partial charge is 0.333 e. The van der Waals surface area contributed by atoms with Crippen molar-refractivity contribution in [2.75, 3.05) is 11.5 Å². The lowest BCUT2D eigenvalue weighted by Crippen LogP contribution is -2.19. The van der Waals surface area contributed by atoms with Crippen LogP contribution >= 0.6 is 11.8 Å². The topological polar surface area (TPSA) is 43.8 Å². The number of nitrogens with two attached hydrogens (primary N) is 1. The SMILES string of the molecule is C[C@@H](N)c1cncn1CC1CCSCC1. The van der Waals surface area contributed by atoms with E-state index in [1.54, 1.807) is 0 Å². The Balaban J connectivity index is 1.99. The summed E-state index contributed by atoms with van der Waals surface area (Å²) in [5.41, 5.74) is 7.06. The predicted molar refractivity (Wildman–Crippen MR) is 64.9 cm³/mol. The Bertz CT molecular complexity index is 303. The van der Waals surface area contributed by atoms with Crippen molar-refractivity contribution in [1.29, 1.82) is 0 Å². The molecule has 15 heavy (non-hydrogen) atoms. The molecule has 0 amide bonds. The Labute approximate surface area is 95.4 Å². The summed E-state index contributed by atoms with van der Waals surface area (Å²) in [6.07, 6.45) is 6.48. The zero-order valence-corrected chi connectivity index (χ0v) is 10.0. The van der Waals surface area contributed by atoms with Crippen molar-refractivity contribution < 1.29 is 0 Å². The first-order chi connectivity index (χ1) is 7.27. The molecule has 1 aromatic heterocycles. The lowest BCUT2D eigenvalue weighted by atomic mass is 10.0. The Hall–Kier alpha value is -0.480. The summed E-state index contributed by atoms with van der Waals surface area (Å²) in [4.78, 5) is 4.19. The first-order valence-electron chi connectivity index (χ1n) is 5.60. The van der Waals surface area contributed by atoms with Crippen molar-refractivity contribution in [3.05, 3.63) is 18.2 Å². The van der Waals surface area contributed by atoms with Crippen molar-refractivity contribution in [2.24, 2.45) is 11.7 Å². The van der Waals surface area contributed by atoms with Crippen LogP contribution in [-0.4, -0.2) is 21.1 Å². The zero-order chi connectivity index (χ0) is 10.7. The van der Waals surface area contributed by atoms with Crippen LogP contribution < -0.4 is 5.73 Å². The van der Waals surface area contributed by atoms with Gasteiger partial charge in [0, 0.05) is 18.8 Å². The number of aromatic nitrogens is 2. The van der Waals surface area contributed by atoms with Gasteiger partial charge in [0.05, 0.1) is 12.0 Å². The maximum absolute atomic E-state index is 5.90. The molecule has 1 aliphatic heterocycles. The van der Waals surface area contributed by atoms with Crippen molar-refractivity contribution in [3.63, 3.8) is 0 Å². The predicted octanol–water partition coefficient (Wildman–Crippen LogP) is 2.05. The monoisotopic (exact) mass is 225 g/mol. The standard InChI is InChI=1S/C11H19N3S/c1-9(12)11-6-13-8-14(11)7-10-2-4-15-5-3-10/h6,8-10H,2-5,7,12H2,1H3/t9-/m1/s1. The van der Waals surface area contributed by atoms with Crippen LogP contribution in [0.5, 0.6) is 0 Å². The van der Waals surface area contributed by atoms with Gasteiger partial charge in [0.2, 0.25) is 0 Å². The van der Waals surface area contributed by atoms with Gasteiger partial charge < -0.3 is 10.3 Å². The number of nitrogens with zero attached hydrogens (tertiary/aromatic N) is 2. The fourth-order valence-corrected chi connectivity index (χ4v) is 3.27. The number of thioether (sulfide) groups is 1. The minimum absolute atomic E-state index is 0.0884. The molecule has 1 atom stereocenters. The van der Waals surface area contributed by atoms with Crippen LogP contribution in [0.4, 0.5) is 0 Å². The van der Waals surface area contributed by atoms with E-state index < -0.39 is 0 Å². The molecule has 1 aromatic rings. The summed E-state index contributed by atoms with van der Waals surface area (Å²) in [5.74, 6) is 3.44. The summed E-state index contributed by atoms with van der Waals surface area (Å²) in [6, 6.07) is 0.0884. The number of hydrogen-bond acceptors (Lipinski definition) is 3. The second-order valence-corrected chi connectivity index (χ2v) is 5.54. The molecule has 0 radical (unpaired) electrons. The number of imidazole rings is 1. The highest BCUT2D eigenvalue weighted by molar-refractivity contribution is 7.99. The third kappa shape index (κ3) is 2.75. The van der Waals surface area contributed by atoms with Crippen molar-refractivity contribution in [1.82, 2.24) is 9.55 Å². The van der Waals surface area contributed by atoms with E-state index >= 15 is 0 Å². The molecule has 2 rings (SSSR count). The molecular formula is C11H19N3S. The Morgan fingerprint density at radius 2 is 2.33 bits per heavy atom. The van der Waals surface area contributed by atoms with Gasteiger partial charge in [-0.1, -0.05) is 0 Å². The second-order valence-electron chi connectivity index (χ2n) is 4.32. The maximum Gasteiger partial charge on any atom is 0.0948 e. The molecule has 1 fully saturated rings. The van der Waals surface area contributed by atoms with Crippen molar-refractivity contribution in [3.8, 4) is 0 Å².